The van der Waals surface area contributed by atoms with Crippen LogP contribution in [0.25, 0.3) is 17.1 Å². The molecule has 8 heteroatoms. The summed E-state index contributed by atoms with van der Waals surface area (Å²) >= 11 is 0. The number of hydrogen-bond acceptors (Lipinski definition) is 6. The number of carbonyl (C=O) groups is 1. The van der Waals surface area contributed by atoms with E-state index in [9.17, 15) is 4.79 Å². The SMILES string of the molecule is Nc1c(-c2nc(C(=O)N3CCCNCC3)co2)cnn1-c1ccccc1. The molecule has 1 amide bonds. The molecule has 3 N–H and O–H groups in total. The fourth-order valence-corrected chi connectivity index (χ4v) is 3.00. The third kappa shape index (κ3) is 3.06. The quantitative estimate of drug-likeness (QED) is 0.741. The lowest BCUT2D eigenvalue weighted by atomic mass is 10.3. The van der Waals surface area contributed by atoms with Gasteiger partial charge in [0.2, 0.25) is 5.89 Å². The topological polar surface area (TPSA) is 102 Å². The predicted octanol–water partition coefficient (Wildman–Crippen LogP) is 1.54. The lowest BCUT2D eigenvalue weighted by Crippen LogP contribution is -2.34. The summed E-state index contributed by atoms with van der Waals surface area (Å²) in [6.07, 6.45) is 3.90. The van der Waals surface area contributed by atoms with Gasteiger partial charge in [0.1, 0.15) is 12.1 Å². The minimum Gasteiger partial charge on any atom is -0.443 e. The van der Waals surface area contributed by atoms with Crippen LogP contribution in [-0.2, 0) is 0 Å². The Bertz CT molecular complexity index is 894. The number of amides is 1. The molecular formula is C18H20N6O2. The second-order valence-corrected chi connectivity index (χ2v) is 6.12. The number of aromatic nitrogens is 3. The van der Waals surface area contributed by atoms with E-state index in [1.807, 2.05) is 30.3 Å². The van der Waals surface area contributed by atoms with E-state index >= 15 is 0 Å². The number of para-hydroxylation sites is 1. The van der Waals surface area contributed by atoms with Crippen LogP contribution in [0.4, 0.5) is 5.82 Å². The van der Waals surface area contributed by atoms with E-state index in [2.05, 4.69) is 15.4 Å². The molecule has 1 fully saturated rings. The van der Waals surface area contributed by atoms with Crippen LogP contribution in [0.2, 0.25) is 0 Å². The number of nitrogens with one attached hydrogen (secondary N) is 1. The summed E-state index contributed by atoms with van der Waals surface area (Å²) < 4.78 is 7.13. The standard InChI is InChI=1S/C18H20N6O2/c19-16-14(11-21-24(16)13-5-2-1-3-6-13)17-22-15(12-26-17)18(25)23-9-4-7-20-8-10-23/h1-3,5-6,11-12,20H,4,7-10,19H2. The Kier molecular flexibility index (Phi) is 4.40. The number of nitrogens with two attached hydrogens (primary N) is 1. The summed E-state index contributed by atoms with van der Waals surface area (Å²) in [7, 11) is 0. The number of anilines is 1. The van der Waals surface area contributed by atoms with Crippen molar-refractivity contribution in [3.05, 3.63) is 48.5 Å². The number of benzene rings is 1. The first-order valence-electron chi connectivity index (χ1n) is 8.59. The molecule has 8 nitrogen and oxygen atoms in total. The summed E-state index contributed by atoms with van der Waals surface area (Å²) in [6.45, 7) is 3.08. The highest BCUT2D eigenvalue weighted by Gasteiger charge is 2.22. The van der Waals surface area contributed by atoms with Crippen LogP contribution in [0.3, 0.4) is 0 Å². The Morgan fingerprint density at radius 2 is 2.04 bits per heavy atom. The Morgan fingerprint density at radius 3 is 2.88 bits per heavy atom. The van der Waals surface area contributed by atoms with Crippen molar-refractivity contribution in [2.24, 2.45) is 0 Å². The average molecular weight is 352 g/mol. The molecule has 3 heterocycles. The van der Waals surface area contributed by atoms with Crippen molar-refractivity contribution in [3.63, 3.8) is 0 Å². The van der Waals surface area contributed by atoms with Gasteiger partial charge < -0.3 is 20.4 Å². The Hall–Kier alpha value is -3.13. The lowest BCUT2D eigenvalue weighted by Gasteiger charge is -2.18. The molecule has 4 rings (SSSR count). The maximum absolute atomic E-state index is 12.6. The van der Waals surface area contributed by atoms with E-state index in [-0.39, 0.29) is 11.6 Å². The van der Waals surface area contributed by atoms with Gasteiger partial charge in [0, 0.05) is 19.6 Å². The summed E-state index contributed by atoms with van der Waals surface area (Å²) in [5, 5.41) is 7.58. The Morgan fingerprint density at radius 1 is 1.19 bits per heavy atom. The highest BCUT2D eigenvalue weighted by Crippen LogP contribution is 2.27. The first-order valence-corrected chi connectivity index (χ1v) is 8.59. The van der Waals surface area contributed by atoms with Crippen LogP contribution in [0.5, 0.6) is 0 Å². The van der Waals surface area contributed by atoms with Gasteiger partial charge in [0.05, 0.1) is 17.4 Å². The van der Waals surface area contributed by atoms with Gasteiger partial charge in [-0.25, -0.2) is 9.67 Å². The highest BCUT2D eigenvalue weighted by molar-refractivity contribution is 5.92. The predicted molar refractivity (Wildman–Crippen MR) is 96.9 cm³/mol. The van der Waals surface area contributed by atoms with Gasteiger partial charge in [-0.05, 0) is 25.1 Å². The molecular weight excluding hydrogens is 332 g/mol. The second kappa shape index (κ2) is 7.01. The molecule has 0 radical (unpaired) electrons. The van der Waals surface area contributed by atoms with Crippen molar-refractivity contribution < 1.29 is 9.21 Å². The normalized spacial score (nSPS) is 15.0. The average Bonchev–Trinajstić information content (AvgIpc) is 3.20. The largest absolute Gasteiger partial charge is 0.443 e. The fourth-order valence-electron chi connectivity index (χ4n) is 3.00. The Labute approximate surface area is 150 Å². The summed E-state index contributed by atoms with van der Waals surface area (Å²) in [5.41, 5.74) is 7.90. The van der Waals surface area contributed by atoms with Crippen molar-refractivity contribution in [1.82, 2.24) is 25.0 Å². The van der Waals surface area contributed by atoms with E-state index in [1.165, 1.54) is 6.26 Å². The zero-order valence-corrected chi connectivity index (χ0v) is 14.3. The zero-order chi connectivity index (χ0) is 17.9. The number of oxazole rings is 1. The van der Waals surface area contributed by atoms with Gasteiger partial charge in [-0.2, -0.15) is 5.10 Å². The van der Waals surface area contributed by atoms with Gasteiger partial charge in [0.25, 0.3) is 5.91 Å². The third-order valence-corrected chi connectivity index (χ3v) is 4.39. The van der Waals surface area contributed by atoms with Crippen molar-refractivity contribution >= 4 is 11.7 Å². The molecule has 2 aromatic heterocycles. The van der Waals surface area contributed by atoms with Crippen LogP contribution < -0.4 is 11.1 Å². The molecule has 0 spiro atoms. The van der Waals surface area contributed by atoms with E-state index in [0.29, 0.717) is 30.4 Å². The molecule has 0 unspecified atom stereocenters. The van der Waals surface area contributed by atoms with Gasteiger partial charge in [0.15, 0.2) is 5.69 Å². The number of hydrogen-bond donors (Lipinski definition) is 2. The maximum Gasteiger partial charge on any atom is 0.275 e. The van der Waals surface area contributed by atoms with Crippen LogP contribution >= 0.6 is 0 Å². The van der Waals surface area contributed by atoms with Gasteiger partial charge in [-0.15, -0.1) is 0 Å². The van der Waals surface area contributed by atoms with E-state index in [4.69, 9.17) is 10.2 Å². The number of nitrogen functional groups attached to an aromatic ring is 1. The second-order valence-electron chi connectivity index (χ2n) is 6.12. The van der Waals surface area contributed by atoms with Crippen LogP contribution in [-0.4, -0.2) is 51.8 Å². The molecule has 0 aliphatic carbocycles. The number of nitrogens with zero attached hydrogens (tertiary/aromatic N) is 4. The van der Waals surface area contributed by atoms with Crippen LogP contribution in [0.15, 0.2) is 47.2 Å². The number of rotatable bonds is 3. The van der Waals surface area contributed by atoms with E-state index in [1.54, 1.807) is 15.8 Å². The van der Waals surface area contributed by atoms with Gasteiger partial charge in [-0.3, -0.25) is 4.79 Å². The Balaban J connectivity index is 1.58. The molecule has 1 saturated heterocycles. The highest BCUT2D eigenvalue weighted by atomic mass is 16.3. The minimum atomic E-state index is -0.127. The molecule has 0 saturated carbocycles. The molecule has 0 atom stereocenters. The molecule has 1 aliphatic rings. The van der Waals surface area contributed by atoms with Gasteiger partial charge in [-0.1, -0.05) is 18.2 Å². The van der Waals surface area contributed by atoms with E-state index < -0.39 is 0 Å². The molecule has 1 aliphatic heterocycles. The molecule has 1 aromatic carbocycles. The minimum absolute atomic E-state index is 0.127. The summed E-state index contributed by atoms with van der Waals surface area (Å²) in [5.74, 6) is 0.578. The molecule has 134 valence electrons. The lowest BCUT2D eigenvalue weighted by molar-refractivity contribution is 0.0760. The third-order valence-electron chi connectivity index (χ3n) is 4.39. The number of carbonyl (C=O) groups excluding carboxylic acids is 1. The zero-order valence-electron chi connectivity index (χ0n) is 14.3. The van der Waals surface area contributed by atoms with Gasteiger partial charge >= 0.3 is 0 Å². The first kappa shape index (κ1) is 16.3. The van der Waals surface area contributed by atoms with Crippen molar-refractivity contribution in [1.29, 1.82) is 0 Å². The summed E-state index contributed by atoms with van der Waals surface area (Å²) in [4.78, 5) is 18.8. The van der Waals surface area contributed by atoms with Crippen LogP contribution in [0, 0.1) is 0 Å². The monoisotopic (exact) mass is 352 g/mol. The first-order chi connectivity index (χ1) is 12.7. The maximum atomic E-state index is 12.6. The smallest absolute Gasteiger partial charge is 0.275 e. The molecule has 0 bridgehead atoms. The summed E-state index contributed by atoms with van der Waals surface area (Å²) in [6, 6.07) is 9.56. The molecule has 3 aromatic rings. The van der Waals surface area contributed by atoms with Crippen molar-refractivity contribution in [3.8, 4) is 17.1 Å². The fraction of sp³-hybridized carbons (Fsp3) is 0.278. The van der Waals surface area contributed by atoms with Crippen molar-refractivity contribution in [2.75, 3.05) is 31.9 Å². The van der Waals surface area contributed by atoms with Crippen LogP contribution in [0.1, 0.15) is 16.9 Å². The van der Waals surface area contributed by atoms with E-state index in [0.717, 1.165) is 25.2 Å². The van der Waals surface area contributed by atoms with Crippen molar-refractivity contribution in [2.45, 2.75) is 6.42 Å². The molecule has 26 heavy (non-hydrogen) atoms.